The summed E-state index contributed by atoms with van der Waals surface area (Å²) >= 11 is 0. The van der Waals surface area contributed by atoms with Crippen molar-refractivity contribution in [3.63, 3.8) is 0 Å². The van der Waals surface area contributed by atoms with Crippen molar-refractivity contribution in [2.75, 3.05) is 32.9 Å². The topological polar surface area (TPSA) is 62.7 Å². The van der Waals surface area contributed by atoms with Crippen molar-refractivity contribution in [1.29, 1.82) is 0 Å². The molecule has 0 aliphatic rings. The third-order valence-corrected chi connectivity index (χ3v) is 2.83. The van der Waals surface area contributed by atoms with E-state index in [2.05, 4.69) is 16.8 Å². The van der Waals surface area contributed by atoms with E-state index in [1.165, 1.54) is 0 Å². The van der Waals surface area contributed by atoms with Gasteiger partial charge in [-0.25, -0.2) is 0 Å². The maximum Gasteiger partial charge on any atom is 0.255 e. The number of rotatable bonds is 7. The lowest BCUT2D eigenvalue weighted by molar-refractivity contribution is 0.0669. The molecule has 1 amide bonds. The van der Waals surface area contributed by atoms with Crippen LogP contribution in [0.15, 0.2) is 18.5 Å². The predicted octanol–water partition coefficient (Wildman–Crippen LogP) is 1.31. The zero-order valence-electron chi connectivity index (χ0n) is 12.6. The summed E-state index contributed by atoms with van der Waals surface area (Å²) in [5, 5.41) is 8.70. The van der Waals surface area contributed by atoms with Crippen LogP contribution in [0.5, 0.6) is 0 Å². The average molecular weight is 290 g/mol. The number of hydrogen-bond acceptors (Lipinski definition) is 4. The molecule has 5 heteroatoms. The van der Waals surface area contributed by atoms with E-state index in [9.17, 15) is 4.79 Å². The molecule has 0 fully saturated rings. The molecule has 0 bridgehead atoms. The second-order valence-corrected chi connectivity index (χ2v) is 4.32. The molecule has 21 heavy (non-hydrogen) atoms. The molecule has 5 nitrogen and oxygen atoms in total. The number of aliphatic hydroxyl groups excluding tert-OH is 1. The van der Waals surface area contributed by atoms with Gasteiger partial charge in [-0.1, -0.05) is 11.8 Å². The summed E-state index contributed by atoms with van der Waals surface area (Å²) in [6.45, 7) is 6.23. The van der Waals surface area contributed by atoms with E-state index in [1.54, 1.807) is 23.4 Å². The molecule has 0 aromatic carbocycles. The normalized spacial score (nSPS) is 9.86. The Balaban J connectivity index is 2.76. The Morgan fingerprint density at radius 3 is 2.90 bits per heavy atom. The van der Waals surface area contributed by atoms with Crippen LogP contribution in [-0.2, 0) is 4.74 Å². The molecule has 0 aliphatic heterocycles. The quantitative estimate of drug-likeness (QED) is 0.607. The number of aromatic nitrogens is 1. The van der Waals surface area contributed by atoms with Crippen LogP contribution in [0.2, 0.25) is 0 Å². The highest BCUT2D eigenvalue weighted by atomic mass is 16.5. The number of aliphatic hydroxyl groups is 1. The summed E-state index contributed by atoms with van der Waals surface area (Å²) in [4.78, 5) is 18.2. The van der Waals surface area contributed by atoms with Crippen molar-refractivity contribution in [1.82, 2.24) is 9.88 Å². The minimum Gasteiger partial charge on any atom is -0.395 e. The van der Waals surface area contributed by atoms with Gasteiger partial charge in [0.25, 0.3) is 5.91 Å². The number of carbonyl (C=O) groups is 1. The summed E-state index contributed by atoms with van der Waals surface area (Å²) in [6.07, 6.45) is 3.56. The van der Waals surface area contributed by atoms with E-state index in [1.807, 2.05) is 13.8 Å². The molecule has 1 N–H and O–H groups in total. The van der Waals surface area contributed by atoms with Crippen molar-refractivity contribution < 1.29 is 14.6 Å². The minimum absolute atomic E-state index is 0.0279. The minimum atomic E-state index is -0.0736. The van der Waals surface area contributed by atoms with E-state index >= 15 is 0 Å². The molecular weight excluding hydrogens is 268 g/mol. The van der Waals surface area contributed by atoms with E-state index in [0.29, 0.717) is 43.9 Å². The molecule has 0 radical (unpaired) electrons. The van der Waals surface area contributed by atoms with Crippen LogP contribution in [0.1, 0.15) is 36.2 Å². The van der Waals surface area contributed by atoms with Gasteiger partial charge in [-0.2, -0.15) is 0 Å². The van der Waals surface area contributed by atoms with Crippen molar-refractivity contribution in [2.24, 2.45) is 0 Å². The maximum atomic E-state index is 12.4. The first-order valence-corrected chi connectivity index (χ1v) is 7.14. The first kappa shape index (κ1) is 17.2. The molecule has 0 saturated carbocycles. The number of ether oxygens (including phenoxy) is 1. The predicted molar refractivity (Wildman–Crippen MR) is 80.9 cm³/mol. The Bertz CT molecular complexity index is 506. The van der Waals surface area contributed by atoms with Gasteiger partial charge >= 0.3 is 0 Å². The summed E-state index contributed by atoms with van der Waals surface area (Å²) in [6, 6.07) is 1.73. The summed E-state index contributed by atoms with van der Waals surface area (Å²) in [5.41, 5.74) is 1.19. The van der Waals surface area contributed by atoms with Crippen molar-refractivity contribution in [2.45, 2.75) is 20.3 Å². The highest BCUT2D eigenvalue weighted by Gasteiger charge is 2.14. The zero-order valence-corrected chi connectivity index (χ0v) is 12.6. The van der Waals surface area contributed by atoms with Crippen LogP contribution < -0.4 is 0 Å². The molecule has 1 aromatic heterocycles. The van der Waals surface area contributed by atoms with Crippen LogP contribution in [0.3, 0.4) is 0 Å². The smallest absolute Gasteiger partial charge is 0.255 e. The summed E-state index contributed by atoms with van der Waals surface area (Å²) in [5.74, 6) is 5.63. The number of carbonyl (C=O) groups excluding carboxylic acids is 1. The van der Waals surface area contributed by atoms with Crippen LogP contribution in [0.4, 0.5) is 0 Å². The first-order valence-electron chi connectivity index (χ1n) is 7.14. The van der Waals surface area contributed by atoms with Gasteiger partial charge in [0.15, 0.2) is 0 Å². The SMILES string of the molecule is CCOCCN(CC)C(=O)c1cncc(C#CCCO)c1. The van der Waals surface area contributed by atoms with Gasteiger partial charge in [-0.3, -0.25) is 9.78 Å². The van der Waals surface area contributed by atoms with E-state index < -0.39 is 0 Å². The Kier molecular flexibility index (Phi) is 8.10. The average Bonchev–Trinajstić information content (AvgIpc) is 2.52. The third kappa shape index (κ3) is 5.94. The summed E-state index contributed by atoms with van der Waals surface area (Å²) in [7, 11) is 0. The molecule has 0 spiro atoms. The fourth-order valence-electron chi connectivity index (χ4n) is 1.75. The van der Waals surface area contributed by atoms with Crippen molar-refractivity contribution >= 4 is 5.91 Å². The van der Waals surface area contributed by atoms with Crippen molar-refractivity contribution in [3.8, 4) is 11.8 Å². The van der Waals surface area contributed by atoms with Crippen LogP contribution in [0, 0.1) is 11.8 Å². The molecule has 0 saturated heterocycles. The van der Waals surface area contributed by atoms with Gasteiger partial charge in [0.05, 0.1) is 18.8 Å². The highest BCUT2D eigenvalue weighted by molar-refractivity contribution is 5.94. The lowest BCUT2D eigenvalue weighted by Crippen LogP contribution is -2.34. The number of nitrogens with zero attached hydrogens (tertiary/aromatic N) is 2. The van der Waals surface area contributed by atoms with Gasteiger partial charge in [0.2, 0.25) is 0 Å². The Morgan fingerprint density at radius 2 is 2.24 bits per heavy atom. The molecular formula is C16H22N2O3. The van der Waals surface area contributed by atoms with Gasteiger partial charge in [0.1, 0.15) is 0 Å². The highest BCUT2D eigenvalue weighted by Crippen LogP contribution is 2.06. The lowest BCUT2D eigenvalue weighted by atomic mass is 10.2. The van der Waals surface area contributed by atoms with E-state index in [0.717, 1.165) is 0 Å². The van der Waals surface area contributed by atoms with Crippen LogP contribution >= 0.6 is 0 Å². The molecule has 1 aromatic rings. The summed E-state index contributed by atoms with van der Waals surface area (Å²) < 4.78 is 5.29. The van der Waals surface area contributed by atoms with Crippen LogP contribution in [0.25, 0.3) is 0 Å². The molecule has 0 unspecified atom stereocenters. The van der Waals surface area contributed by atoms with Gasteiger partial charge in [0, 0.05) is 44.1 Å². The first-order chi connectivity index (χ1) is 10.2. The van der Waals surface area contributed by atoms with Crippen molar-refractivity contribution in [3.05, 3.63) is 29.6 Å². The Hall–Kier alpha value is -1.90. The standard InChI is InChI=1S/C16H22N2O3/c1-3-18(8-10-21-4-2)16(20)15-11-14(12-17-13-15)7-5-6-9-19/h11-13,19H,3-4,6,8-10H2,1-2H3. The molecule has 1 rings (SSSR count). The third-order valence-electron chi connectivity index (χ3n) is 2.83. The van der Waals surface area contributed by atoms with Crippen LogP contribution in [-0.4, -0.2) is 53.8 Å². The number of pyridine rings is 1. The Labute approximate surface area is 125 Å². The van der Waals surface area contributed by atoms with E-state index in [-0.39, 0.29) is 12.5 Å². The largest absolute Gasteiger partial charge is 0.395 e. The maximum absolute atomic E-state index is 12.4. The Morgan fingerprint density at radius 1 is 1.43 bits per heavy atom. The fourth-order valence-corrected chi connectivity index (χ4v) is 1.75. The van der Waals surface area contributed by atoms with Gasteiger partial charge < -0.3 is 14.7 Å². The second-order valence-electron chi connectivity index (χ2n) is 4.32. The molecule has 0 aliphatic carbocycles. The number of hydrogen-bond donors (Lipinski definition) is 1. The molecule has 0 atom stereocenters. The number of likely N-dealkylation sites (N-methyl/N-ethyl adjacent to an activating group) is 1. The molecule has 114 valence electrons. The monoisotopic (exact) mass is 290 g/mol. The lowest BCUT2D eigenvalue weighted by Gasteiger charge is -2.20. The molecule has 1 heterocycles. The van der Waals surface area contributed by atoms with Gasteiger partial charge in [-0.15, -0.1) is 0 Å². The fraction of sp³-hybridized carbons (Fsp3) is 0.500. The number of amides is 1. The zero-order chi connectivity index (χ0) is 15.5. The van der Waals surface area contributed by atoms with E-state index in [4.69, 9.17) is 9.84 Å². The van der Waals surface area contributed by atoms with Gasteiger partial charge in [-0.05, 0) is 19.9 Å². The second kappa shape index (κ2) is 9.92.